The summed E-state index contributed by atoms with van der Waals surface area (Å²) in [6.45, 7) is 2.09. The Morgan fingerprint density at radius 3 is 2.75 bits per heavy atom. The van der Waals surface area contributed by atoms with E-state index in [9.17, 15) is 4.79 Å². The van der Waals surface area contributed by atoms with Crippen molar-refractivity contribution < 1.29 is 14.3 Å². The van der Waals surface area contributed by atoms with E-state index < -0.39 is 0 Å². The minimum Gasteiger partial charge on any atom is -0.454 e. The quantitative estimate of drug-likeness (QED) is 0.806. The van der Waals surface area contributed by atoms with Gasteiger partial charge in [0.2, 0.25) is 12.7 Å². The number of benzene rings is 2. The van der Waals surface area contributed by atoms with Gasteiger partial charge >= 0.3 is 0 Å². The fourth-order valence-corrected chi connectivity index (χ4v) is 2.95. The molecule has 0 bridgehead atoms. The van der Waals surface area contributed by atoms with Crippen LogP contribution in [0.2, 0.25) is 10.0 Å². The maximum atomic E-state index is 12.1. The first-order valence-corrected chi connectivity index (χ1v) is 8.12. The first-order chi connectivity index (χ1) is 11.5. The third kappa shape index (κ3) is 3.83. The van der Waals surface area contributed by atoms with Crippen LogP contribution in [0.3, 0.4) is 0 Å². The predicted molar refractivity (Wildman–Crippen MR) is 94.6 cm³/mol. The van der Waals surface area contributed by atoms with Gasteiger partial charge in [-0.15, -0.1) is 0 Å². The molecule has 0 radical (unpaired) electrons. The topological polar surface area (TPSA) is 47.6 Å². The smallest absolute Gasteiger partial charge is 0.244 e. The zero-order valence-corrected chi connectivity index (χ0v) is 14.4. The van der Waals surface area contributed by atoms with Crippen LogP contribution in [0.5, 0.6) is 11.5 Å². The van der Waals surface area contributed by atoms with E-state index in [-0.39, 0.29) is 18.7 Å². The Morgan fingerprint density at radius 2 is 1.96 bits per heavy atom. The zero-order valence-electron chi connectivity index (χ0n) is 12.9. The summed E-state index contributed by atoms with van der Waals surface area (Å²) in [6.07, 6.45) is 3.19. The Balaban J connectivity index is 1.64. The molecule has 1 aliphatic heterocycles. The second kappa shape index (κ2) is 7.16. The lowest BCUT2D eigenvalue weighted by Crippen LogP contribution is -2.24. The van der Waals surface area contributed by atoms with E-state index in [0.717, 1.165) is 11.1 Å². The summed E-state index contributed by atoms with van der Waals surface area (Å²) < 4.78 is 10.6. The van der Waals surface area contributed by atoms with Gasteiger partial charge in [-0.25, -0.2) is 0 Å². The molecule has 2 aromatic rings. The molecule has 124 valence electrons. The minimum absolute atomic E-state index is 0.216. The van der Waals surface area contributed by atoms with Gasteiger partial charge in [0, 0.05) is 16.1 Å². The second-order valence-corrected chi connectivity index (χ2v) is 6.19. The molecule has 0 saturated carbocycles. The molecule has 4 nitrogen and oxygen atoms in total. The number of hydrogen-bond acceptors (Lipinski definition) is 3. The SMILES string of the molecule is CC(NC(=O)C=Cc1ccc2c(c1)OCO2)c1ccc(Cl)cc1Cl. The highest BCUT2D eigenvalue weighted by atomic mass is 35.5. The number of carbonyl (C=O) groups is 1. The largest absolute Gasteiger partial charge is 0.454 e. The predicted octanol–water partition coefficient (Wildman–Crippen LogP) is 4.61. The monoisotopic (exact) mass is 363 g/mol. The van der Waals surface area contributed by atoms with Crippen LogP contribution < -0.4 is 14.8 Å². The number of fused-ring (bicyclic) bond motifs is 1. The molecule has 24 heavy (non-hydrogen) atoms. The Morgan fingerprint density at radius 1 is 1.17 bits per heavy atom. The molecule has 1 aliphatic rings. The Bertz CT molecular complexity index is 805. The minimum atomic E-state index is -0.233. The molecule has 1 unspecified atom stereocenters. The van der Waals surface area contributed by atoms with Crippen molar-refractivity contribution in [2.45, 2.75) is 13.0 Å². The molecular weight excluding hydrogens is 349 g/mol. The van der Waals surface area contributed by atoms with Gasteiger partial charge in [-0.3, -0.25) is 4.79 Å². The average Bonchev–Trinajstić information content (AvgIpc) is 3.00. The van der Waals surface area contributed by atoms with E-state index >= 15 is 0 Å². The van der Waals surface area contributed by atoms with Crippen LogP contribution in [-0.2, 0) is 4.79 Å². The fourth-order valence-electron chi connectivity index (χ4n) is 2.38. The van der Waals surface area contributed by atoms with Crippen LogP contribution in [0.25, 0.3) is 6.08 Å². The Hall–Kier alpha value is -2.17. The maximum absolute atomic E-state index is 12.1. The van der Waals surface area contributed by atoms with Crippen molar-refractivity contribution >= 4 is 35.2 Å². The molecule has 0 spiro atoms. The molecule has 1 N–H and O–H groups in total. The van der Waals surface area contributed by atoms with Crippen molar-refractivity contribution in [3.63, 3.8) is 0 Å². The van der Waals surface area contributed by atoms with Crippen LogP contribution in [0.4, 0.5) is 0 Å². The lowest BCUT2D eigenvalue weighted by Gasteiger charge is -2.14. The summed E-state index contributed by atoms with van der Waals surface area (Å²) in [4.78, 5) is 12.1. The van der Waals surface area contributed by atoms with Crippen LogP contribution in [-0.4, -0.2) is 12.7 Å². The summed E-state index contributed by atoms with van der Waals surface area (Å²) in [7, 11) is 0. The van der Waals surface area contributed by atoms with E-state index in [1.807, 2.05) is 25.1 Å². The van der Waals surface area contributed by atoms with Gasteiger partial charge < -0.3 is 14.8 Å². The van der Waals surface area contributed by atoms with Crippen molar-refractivity contribution in [2.75, 3.05) is 6.79 Å². The van der Waals surface area contributed by atoms with E-state index in [1.54, 1.807) is 24.3 Å². The third-order valence-corrected chi connectivity index (χ3v) is 4.17. The fraction of sp³-hybridized carbons (Fsp3) is 0.167. The highest BCUT2D eigenvalue weighted by Gasteiger charge is 2.13. The van der Waals surface area contributed by atoms with Crippen molar-refractivity contribution in [1.29, 1.82) is 0 Å². The van der Waals surface area contributed by atoms with Crippen molar-refractivity contribution in [3.8, 4) is 11.5 Å². The molecule has 0 aliphatic carbocycles. The molecule has 6 heteroatoms. The third-order valence-electron chi connectivity index (χ3n) is 3.61. The zero-order chi connectivity index (χ0) is 17.1. The number of nitrogens with one attached hydrogen (secondary N) is 1. The van der Waals surface area contributed by atoms with Gasteiger partial charge in [0.15, 0.2) is 11.5 Å². The average molecular weight is 364 g/mol. The maximum Gasteiger partial charge on any atom is 0.244 e. The second-order valence-electron chi connectivity index (χ2n) is 5.34. The first kappa shape index (κ1) is 16.7. The van der Waals surface area contributed by atoms with Gasteiger partial charge in [0.05, 0.1) is 6.04 Å². The number of ether oxygens (including phenoxy) is 2. The van der Waals surface area contributed by atoms with Crippen molar-refractivity contribution in [2.24, 2.45) is 0 Å². The first-order valence-electron chi connectivity index (χ1n) is 7.36. The van der Waals surface area contributed by atoms with Gasteiger partial charge in [0.1, 0.15) is 0 Å². The lowest BCUT2D eigenvalue weighted by atomic mass is 10.1. The molecule has 1 amide bonds. The van der Waals surface area contributed by atoms with Crippen molar-refractivity contribution in [3.05, 3.63) is 63.6 Å². The van der Waals surface area contributed by atoms with Crippen LogP contribution in [0.1, 0.15) is 24.1 Å². The number of hydrogen-bond donors (Lipinski definition) is 1. The molecule has 0 saturated heterocycles. The van der Waals surface area contributed by atoms with Gasteiger partial charge in [0.25, 0.3) is 0 Å². The van der Waals surface area contributed by atoms with Crippen LogP contribution in [0, 0.1) is 0 Å². The number of amides is 1. The summed E-state index contributed by atoms with van der Waals surface area (Å²) in [5, 5.41) is 3.95. The summed E-state index contributed by atoms with van der Waals surface area (Å²) in [5.74, 6) is 1.17. The highest BCUT2D eigenvalue weighted by Crippen LogP contribution is 2.32. The highest BCUT2D eigenvalue weighted by molar-refractivity contribution is 6.35. The van der Waals surface area contributed by atoms with Gasteiger partial charge in [-0.2, -0.15) is 0 Å². The standard InChI is InChI=1S/C18H15Cl2NO3/c1-11(14-5-4-13(19)9-15(14)20)21-18(22)7-3-12-2-6-16-17(8-12)24-10-23-16/h2-9,11H,10H2,1H3,(H,21,22). The number of rotatable bonds is 4. The molecule has 0 aromatic heterocycles. The molecule has 2 aromatic carbocycles. The number of carbonyl (C=O) groups excluding carboxylic acids is 1. The summed E-state index contributed by atoms with van der Waals surface area (Å²) >= 11 is 12.0. The van der Waals surface area contributed by atoms with Gasteiger partial charge in [-0.05, 0) is 48.4 Å². The molecular formula is C18H15Cl2NO3. The van der Waals surface area contributed by atoms with Gasteiger partial charge in [-0.1, -0.05) is 35.3 Å². The van der Waals surface area contributed by atoms with Crippen molar-refractivity contribution in [1.82, 2.24) is 5.32 Å². The molecule has 1 heterocycles. The molecule has 1 atom stereocenters. The number of halogens is 2. The Kier molecular flexibility index (Phi) is 4.97. The van der Waals surface area contributed by atoms with E-state index in [2.05, 4.69) is 5.32 Å². The normalized spacial score (nSPS) is 14.0. The van der Waals surface area contributed by atoms with E-state index in [1.165, 1.54) is 6.08 Å². The van der Waals surface area contributed by atoms with E-state index in [4.69, 9.17) is 32.7 Å². The van der Waals surface area contributed by atoms with Crippen LogP contribution in [0.15, 0.2) is 42.5 Å². The lowest BCUT2D eigenvalue weighted by molar-refractivity contribution is -0.117. The summed E-state index contributed by atoms with van der Waals surface area (Å²) in [5.41, 5.74) is 1.66. The van der Waals surface area contributed by atoms with Crippen LogP contribution >= 0.6 is 23.2 Å². The molecule has 3 rings (SSSR count). The Labute approximate surface area is 150 Å². The summed E-state index contributed by atoms with van der Waals surface area (Å²) in [6, 6.07) is 10.5. The van der Waals surface area contributed by atoms with E-state index in [0.29, 0.717) is 21.5 Å². The molecule has 0 fully saturated rings.